The molecule has 1 aliphatic rings. The summed E-state index contributed by atoms with van der Waals surface area (Å²) in [7, 11) is -1.81. The van der Waals surface area contributed by atoms with E-state index in [-0.39, 0.29) is 30.0 Å². The van der Waals surface area contributed by atoms with Crippen LogP contribution in [0.1, 0.15) is 17.5 Å². The van der Waals surface area contributed by atoms with Crippen LogP contribution in [0.25, 0.3) is 0 Å². The summed E-state index contributed by atoms with van der Waals surface area (Å²) in [5, 5.41) is 2.56. The van der Waals surface area contributed by atoms with Gasteiger partial charge in [0.2, 0.25) is 5.09 Å². The predicted molar refractivity (Wildman–Crippen MR) is 105 cm³/mol. The van der Waals surface area contributed by atoms with Gasteiger partial charge >= 0.3 is 0 Å². The average molecular weight is 407 g/mol. The first-order chi connectivity index (χ1) is 13.4. The van der Waals surface area contributed by atoms with Crippen molar-refractivity contribution < 1.29 is 22.4 Å². The van der Waals surface area contributed by atoms with Gasteiger partial charge in [-0.05, 0) is 31.2 Å². The SMILES string of the molecule is CC(CNC(=O)c1ccc(S(=O)(=O)N2CCOCC2)o1)N(C)c1ccccc1. The van der Waals surface area contributed by atoms with Gasteiger partial charge in [-0.3, -0.25) is 4.79 Å². The molecule has 28 heavy (non-hydrogen) atoms. The minimum atomic E-state index is -3.76. The number of para-hydroxylation sites is 1. The molecule has 1 unspecified atom stereocenters. The van der Waals surface area contributed by atoms with Crippen LogP contribution in [0.15, 0.2) is 52.0 Å². The Balaban J connectivity index is 1.59. The quantitative estimate of drug-likeness (QED) is 0.749. The van der Waals surface area contributed by atoms with Gasteiger partial charge in [0.05, 0.1) is 13.2 Å². The van der Waals surface area contributed by atoms with E-state index < -0.39 is 15.9 Å². The standard InChI is InChI=1S/C19H25N3O5S/c1-15(21(2)16-6-4-3-5-7-16)14-20-19(23)17-8-9-18(27-17)28(24,25)22-10-12-26-13-11-22/h3-9,15H,10-14H2,1-2H3,(H,20,23). The molecule has 9 heteroatoms. The second-order valence-electron chi connectivity index (χ2n) is 6.64. The number of nitrogens with zero attached hydrogens (tertiary/aromatic N) is 2. The van der Waals surface area contributed by atoms with Crippen molar-refractivity contribution >= 4 is 21.6 Å². The fourth-order valence-corrected chi connectivity index (χ4v) is 4.20. The Morgan fingerprint density at radius 1 is 1.18 bits per heavy atom. The van der Waals surface area contributed by atoms with Gasteiger partial charge in [0.15, 0.2) is 5.76 Å². The van der Waals surface area contributed by atoms with E-state index in [0.717, 1.165) is 5.69 Å². The van der Waals surface area contributed by atoms with Crippen molar-refractivity contribution in [1.29, 1.82) is 0 Å². The van der Waals surface area contributed by atoms with Gasteiger partial charge in [-0.2, -0.15) is 4.31 Å². The lowest BCUT2D eigenvalue weighted by atomic mass is 10.2. The van der Waals surface area contributed by atoms with Crippen LogP contribution in [-0.4, -0.2) is 64.6 Å². The third-order valence-electron chi connectivity index (χ3n) is 4.75. The predicted octanol–water partition coefficient (Wildman–Crippen LogP) is 1.56. The number of hydrogen-bond donors (Lipinski definition) is 1. The van der Waals surface area contributed by atoms with E-state index in [1.165, 1.54) is 16.4 Å². The summed E-state index contributed by atoms with van der Waals surface area (Å²) in [6.45, 7) is 3.61. The zero-order valence-corrected chi connectivity index (χ0v) is 16.8. The summed E-state index contributed by atoms with van der Waals surface area (Å²) >= 11 is 0. The van der Waals surface area contributed by atoms with Gasteiger partial charge < -0.3 is 19.4 Å². The topological polar surface area (TPSA) is 92.1 Å². The number of carbonyl (C=O) groups excluding carboxylic acids is 1. The van der Waals surface area contributed by atoms with E-state index >= 15 is 0 Å². The summed E-state index contributed by atoms with van der Waals surface area (Å²) in [4.78, 5) is 14.4. The molecule has 1 fully saturated rings. The van der Waals surface area contributed by atoms with Crippen molar-refractivity contribution in [3.63, 3.8) is 0 Å². The minimum absolute atomic E-state index is 0.0265. The molecule has 152 valence electrons. The molecule has 0 aliphatic carbocycles. The van der Waals surface area contributed by atoms with Crippen molar-refractivity contribution in [3.05, 3.63) is 48.2 Å². The number of likely N-dealkylation sites (N-methyl/N-ethyl adjacent to an activating group) is 1. The van der Waals surface area contributed by atoms with Gasteiger partial charge in [-0.1, -0.05) is 18.2 Å². The smallest absolute Gasteiger partial charge is 0.287 e. The van der Waals surface area contributed by atoms with E-state index in [1.807, 2.05) is 44.3 Å². The number of benzene rings is 1. The second-order valence-corrected chi connectivity index (χ2v) is 8.51. The zero-order chi connectivity index (χ0) is 20.1. The maximum Gasteiger partial charge on any atom is 0.287 e. The van der Waals surface area contributed by atoms with Crippen LogP contribution in [0.2, 0.25) is 0 Å². The Hall–Kier alpha value is -2.36. The lowest BCUT2D eigenvalue weighted by molar-refractivity contribution is 0.0722. The molecule has 2 aromatic rings. The Labute approximate surface area is 165 Å². The van der Waals surface area contributed by atoms with Crippen LogP contribution >= 0.6 is 0 Å². The highest BCUT2D eigenvalue weighted by Gasteiger charge is 2.30. The van der Waals surface area contributed by atoms with Crippen LogP contribution < -0.4 is 10.2 Å². The van der Waals surface area contributed by atoms with Crippen molar-refractivity contribution in [1.82, 2.24) is 9.62 Å². The Morgan fingerprint density at radius 2 is 1.86 bits per heavy atom. The highest BCUT2D eigenvalue weighted by molar-refractivity contribution is 7.89. The molecule has 1 amide bonds. The average Bonchev–Trinajstić information content (AvgIpc) is 3.24. The molecule has 2 heterocycles. The van der Waals surface area contributed by atoms with Crippen molar-refractivity contribution in [2.75, 3.05) is 44.8 Å². The highest BCUT2D eigenvalue weighted by Crippen LogP contribution is 2.20. The van der Waals surface area contributed by atoms with Gasteiger partial charge in [0.25, 0.3) is 15.9 Å². The van der Waals surface area contributed by atoms with Crippen LogP contribution in [0, 0.1) is 0 Å². The molecule has 1 aromatic heterocycles. The maximum absolute atomic E-state index is 12.6. The number of nitrogens with one attached hydrogen (secondary N) is 1. The van der Waals surface area contributed by atoms with Gasteiger partial charge in [-0.25, -0.2) is 8.42 Å². The van der Waals surface area contributed by atoms with Crippen LogP contribution in [0.5, 0.6) is 0 Å². The van der Waals surface area contributed by atoms with E-state index in [0.29, 0.717) is 19.8 Å². The van der Waals surface area contributed by atoms with Crippen molar-refractivity contribution in [2.45, 2.75) is 18.1 Å². The maximum atomic E-state index is 12.6. The Morgan fingerprint density at radius 3 is 2.54 bits per heavy atom. The molecule has 0 bridgehead atoms. The summed E-state index contributed by atoms with van der Waals surface area (Å²) in [5.41, 5.74) is 1.04. The number of morpholine rings is 1. The van der Waals surface area contributed by atoms with Gasteiger partial charge in [-0.15, -0.1) is 0 Å². The number of sulfonamides is 1. The minimum Gasteiger partial charge on any atom is -0.438 e. The van der Waals surface area contributed by atoms with E-state index in [1.54, 1.807) is 0 Å². The molecular formula is C19H25N3O5S. The number of carbonyl (C=O) groups is 1. The highest BCUT2D eigenvalue weighted by atomic mass is 32.2. The summed E-state index contributed by atoms with van der Waals surface area (Å²) in [6, 6.07) is 12.6. The van der Waals surface area contributed by atoms with Crippen LogP contribution in [0.3, 0.4) is 0 Å². The van der Waals surface area contributed by atoms with E-state index in [2.05, 4.69) is 10.2 Å². The molecular weight excluding hydrogens is 382 g/mol. The van der Waals surface area contributed by atoms with E-state index in [9.17, 15) is 13.2 Å². The number of anilines is 1. The molecule has 8 nitrogen and oxygen atoms in total. The lowest BCUT2D eigenvalue weighted by Crippen LogP contribution is -2.40. The molecule has 0 spiro atoms. The molecule has 1 aromatic carbocycles. The van der Waals surface area contributed by atoms with Crippen LogP contribution in [0.4, 0.5) is 5.69 Å². The first kappa shape index (κ1) is 20.4. The molecule has 0 radical (unpaired) electrons. The fraction of sp³-hybridized carbons (Fsp3) is 0.421. The molecule has 1 aliphatic heterocycles. The summed E-state index contributed by atoms with van der Waals surface area (Å²) in [6.07, 6.45) is 0. The van der Waals surface area contributed by atoms with Gasteiger partial charge in [0.1, 0.15) is 0 Å². The molecule has 1 atom stereocenters. The van der Waals surface area contributed by atoms with Crippen molar-refractivity contribution in [3.8, 4) is 0 Å². The first-order valence-corrected chi connectivity index (χ1v) is 10.6. The number of amides is 1. The zero-order valence-electron chi connectivity index (χ0n) is 16.0. The monoisotopic (exact) mass is 407 g/mol. The van der Waals surface area contributed by atoms with E-state index in [4.69, 9.17) is 9.15 Å². The van der Waals surface area contributed by atoms with Crippen molar-refractivity contribution in [2.24, 2.45) is 0 Å². The second kappa shape index (κ2) is 8.76. The largest absolute Gasteiger partial charge is 0.438 e. The molecule has 3 rings (SSSR count). The summed E-state index contributed by atoms with van der Waals surface area (Å²) in [5.74, 6) is -0.474. The number of hydrogen-bond acceptors (Lipinski definition) is 6. The number of rotatable bonds is 7. The molecule has 1 N–H and O–H groups in total. The number of ether oxygens (including phenoxy) is 1. The third kappa shape index (κ3) is 4.54. The van der Waals surface area contributed by atoms with Crippen LogP contribution in [-0.2, 0) is 14.8 Å². The number of furan rings is 1. The first-order valence-electron chi connectivity index (χ1n) is 9.13. The Bertz CT molecular complexity index is 891. The lowest BCUT2D eigenvalue weighted by Gasteiger charge is -2.27. The summed E-state index contributed by atoms with van der Waals surface area (Å²) < 4.78 is 37.0. The third-order valence-corrected chi connectivity index (χ3v) is 6.52. The Kier molecular flexibility index (Phi) is 6.38. The normalized spacial score (nSPS) is 16.5. The molecule has 0 saturated carbocycles. The fourth-order valence-electron chi connectivity index (χ4n) is 2.88. The molecule has 1 saturated heterocycles. The van der Waals surface area contributed by atoms with Gasteiger partial charge in [0, 0.05) is 38.4 Å².